The van der Waals surface area contributed by atoms with E-state index in [0.29, 0.717) is 6.42 Å². The number of nitrogens with one attached hydrogen (secondary N) is 2. The molecule has 0 saturated heterocycles. The number of rotatable bonds is 9. The van der Waals surface area contributed by atoms with Gasteiger partial charge in [0.1, 0.15) is 23.3 Å². The number of aromatic hydroxyl groups is 6. The van der Waals surface area contributed by atoms with Crippen LogP contribution in [0.25, 0.3) is 12.2 Å². The fourth-order valence-corrected chi connectivity index (χ4v) is 3.14. The van der Waals surface area contributed by atoms with E-state index in [1.54, 1.807) is 19.1 Å². The molecule has 192 valence electrons. The number of nitriles is 2. The molecule has 12 heteroatoms. The summed E-state index contributed by atoms with van der Waals surface area (Å²) in [6.07, 6.45) is 2.91. The highest BCUT2D eigenvalue weighted by Crippen LogP contribution is 2.36. The quantitative estimate of drug-likeness (QED) is 0.139. The van der Waals surface area contributed by atoms with Crippen LogP contribution in [0.5, 0.6) is 34.5 Å². The first kappa shape index (κ1) is 27.9. The zero-order chi connectivity index (χ0) is 27.7. The van der Waals surface area contributed by atoms with Gasteiger partial charge in [0.2, 0.25) is 0 Å². The first-order valence-electron chi connectivity index (χ1n) is 10.8. The fourth-order valence-electron chi connectivity index (χ4n) is 3.14. The Balaban J connectivity index is 2.02. The van der Waals surface area contributed by atoms with Crippen LogP contribution in [-0.4, -0.2) is 55.0 Å². The van der Waals surface area contributed by atoms with Gasteiger partial charge in [0, 0.05) is 12.6 Å². The van der Waals surface area contributed by atoms with Gasteiger partial charge in [0.25, 0.3) is 11.8 Å². The maximum atomic E-state index is 12.5. The SMILES string of the molecule is CCC(CCNC(=O)/C(C#N)=C/c1cc(O)c(O)c(O)c1)NC(=O)/C(C#N)=C/c1cc(O)c(O)c(O)c1. The van der Waals surface area contributed by atoms with Crippen LogP contribution in [0.3, 0.4) is 0 Å². The van der Waals surface area contributed by atoms with Gasteiger partial charge >= 0.3 is 0 Å². The lowest BCUT2D eigenvalue weighted by Gasteiger charge is -2.17. The molecule has 2 aromatic rings. The van der Waals surface area contributed by atoms with Crippen LogP contribution >= 0.6 is 0 Å². The highest BCUT2D eigenvalue weighted by Gasteiger charge is 2.17. The summed E-state index contributed by atoms with van der Waals surface area (Å²) in [7, 11) is 0. The van der Waals surface area contributed by atoms with Crippen LogP contribution in [-0.2, 0) is 9.59 Å². The molecule has 0 heterocycles. The van der Waals surface area contributed by atoms with Crippen LogP contribution in [0.4, 0.5) is 0 Å². The van der Waals surface area contributed by atoms with Crippen molar-refractivity contribution in [2.75, 3.05) is 6.54 Å². The predicted octanol–water partition coefficient (Wildman–Crippen LogP) is 1.84. The van der Waals surface area contributed by atoms with Crippen LogP contribution in [0.15, 0.2) is 35.4 Å². The molecule has 0 aliphatic rings. The van der Waals surface area contributed by atoms with Crippen molar-refractivity contribution in [2.24, 2.45) is 0 Å². The lowest BCUT2D eigenvalue weighted by atomic mass is 10.1. The third-order valence-corrected chi connectivity index (χ3v) is 5.14. The van der Waals surface area contributed by atoms with Crippen molar-refractivity contribution in [3.63, 3.8) is 0 Å². The second kappa shape index (κ2) is 12.4. The van der Waals surface area contributed by atoms with Gasteiger partial charge in [0.15, 0.2) is 34.5 Å². The predicted molar refractivity (Wildman–Crippen MR) is 130 cm³/mol. The molecule has 0 aliphatic heterocycles. The molecule has 0 radical (unpaired) electrons. The van der Waals surface area contributed by atoms with Crippen molar-refractivity contribution >= 4 is 24.0 Å². The van der Waals surface area contributed by atoms with Gasteiger partial charge < -0.3 is 41.3 Å². The van der Waals surface area contributed by atoms with E-state index in [4.69, 9.17) is 0 Å². The molecule has 8 N–H and O–H groups in total. The number of phenolic OH excluding ortho intramolecular Hbond substituents is 6. The van der Waals surface area contributed by atoms with Gasteiger partial charge in [-0.05, 0) is 60.4 Å². The normalized spacial score (nSPS) is 12.2. The van der Waals surface area contributed by atoms with Gasteiger partial charge in [-0.3, -0.25) is 9.59 Å². The van der Waals surface area contributed by atoms with Crippen LogP contribution in [0.2, 0.25) is 0 Å². The Hall–Kier alpha value is -5.36. The van der Waals surface area contributed by atoms with Gasteiger partial charge in [0.05, 0.1) is 0 Å². The van der Waals surface area contributed by atoms with Crippen molar-refractivity contribution < 1.29 is 40.2 Å². The van der Waals surface area contributed by atoms with Crippen molar-refractivity contribution in [3.8, 4) is 46.6 Å². The Labute approximate surface area is 211 Å². The fraction of sp³-hybridized carbons (Fsp3) is 0.200. The topological polar surface area (TPSA) is 227 Å². The number of benzene rings is 2. The second-order valence-electron chi connectivity index (χ2n) is 7.78. The van der Waals surface area contributed by atoms with Crippen LogP contribution < -0.4 is 10.6 Å². The summed E-state index contributed by atoms with van der Waals surface area (Å²) in [5.74, 6) is -5.47. The minimum absolute atomic E-state index is 0.0496. The molecule has 2 aromatic carbocycles. The number of carbonyl (C=O) groups is 2. The summed E-state index contributed by atoms with van der Waals surface area (Å²) in [5.41, 5.74) is -0.464. The highest BCUT2D eigenvalue weighted by molar-refractivity contribution is 6.02. The summed E-state index contributed by atoms with van der Waals surface area (Å²) in [4.78, 5) is 24.9. The Kier molecular flexibility index (Phi) is 9.32. The number of nitrogens with zero attached hydrogens (tertiary/aromatic N) is 2. The molecule has 0 bridgehead atoms. The summed E-state index contributed by atoms with van der Waals surface area (Å²) in [6, 6.07) is 7.21. The molecule has 1 unspecified atom stereocenters. The number of amides is 2. The standard InChI is InChI=1S/C25H24N4O8/c1-2-17(29-25(37)16(12-27)6-14-9-20(32)23(35)21(33)10-14)3-4-28-24(36)15(11-26)5-13-7-18(30)22(34)19(31)8-13/h5-10,17,30-35H,2-4H2,1H3,(H,28,36)(H,29,37)/b15-5+,16-6+. The Bertz CT molecular complexity index is 1310. The molecular weight excluding hydrogens is 484 g/mol. The molecule has 0 spiro atoms. The summed E-state index contributed by atoms with van der Waals surface area (Å²) in [5, 5.41) is 80.9. The lowest BCUT2D eigenvalue weighted by Crippen LogP contribution is -2.38. The van der Waals surface area contributed by atoms with Crippen LogP contribution in [0.1, 0.15) is 30.9 Å². The molecule has 0 saturated carbocycles. The van der Waals surface area contributed by atoms with E-state index in [1.165, 1.54) is 0 Å². The molecule has 1 atom stereocenters. The van der Waals surface area contributed by atoms with Crippen molar-refractivity contribution in [1.82, 2.24) is 10.6 Å². The smallest absolute Gasteiger partial charge is 0.262 e. The van der Waals surface area contributed by atoms with Gasteiger partial charge in [-0.25, -0.2) is 0 Å². The maximum absolute atomic E-state index is 12.5. The van der Waals surface area contributed by atoms with E-state index in [0.717, 1.165) is 36.4 Å². The van der Waals surface area contributed by atoms with Gasteiger partial charge in [-0.1, -0.05) is 6.92 Å². The summed E-state index contributed by atoms with van der Waals surface area (Å²) < 4.78 is 0. The van der Waals surface area contributed by atoms with E-state index in [9.17, 15) is 50.8 Å². The Morgan fingerprint density at radius 3 is 1.59 bits per heavy atom. The van der Waals surface area contributed by atoms with E-state index >= 15 is 0 Å². The Morgan fingerprint density at radius 1 is 0.811 bits per heavy atom. The maximum Gasteiger partial charge on any atom is 0.262 e. The highest BCUT2D eigenvalue weighted by atomic mass is 16.3. The zero-order valence-corrected chi connectivity index (χ0v) is 19.6. The number of phenols is 6. The molecule has 37 heavy (non-hydrogen) atoms. The molecule has 0 aliphatic carbocycles. The van der Waals surface area contributed by atoms with Gasteiger partial charge in [-0.2, -0.15) is 10.5 Å². The van der Waals surface area contributed by atoms with Gasteiger partial charge in [-0.15, -0.1) is 0 Å². The number of hydrogen-bond acceptors (Lipinski definition) is 10. The summed E-state index contributed by atoms with van der Waals surface area (Å²) in [6.45, 7) is 1.82. The third kappa shape index (κ3) is 7.31. The van der Waals surface area contributed by atoms with E-state index in [-0.39, 0.29) is 35.2 Å². The first-order valence-corrected chi connectivity index (χ1v) is 10.8. The Morgan fingerprint density at radius 2 is 1.22 bits per heavy atom. The minimum atomic E-state index is -0.750. The first-order chi connectivity index (χ1) is 17.5. The molecule has 2 amide bonds. The number of carbonyl (C=O) groups excluding carboxylic acids is 2. The van der Waals surface area contributed by atoms with Crippen molar-refractivity contribution in [3.05, 3.63) is 46.5 Å². The number of hydrogen-bond donors (Lipinski definition) is 8. The van der Waals surface area contributed by atoms with E-state index in [1.807, 2.05) is 0 Å². The van der Waals surface area contributed by atoms with Crippen molar-refractivity contribution in [1.29, 1.82) is 10.5 Å². The molecule has 2 rings (SSSR count). The second-order valence-corrected chi connectivity index (χ2v) is 7.78. The van der Waals surface area contributed by atoms with Crippen LogP contribution in [0, 0.1) is 22.7 Å². The third-order valence-electron chi connectivity index (χ3n) is 5.14. The largest absolute Gasteiger partial charge is 0.504 e. The molecule has 0 fully saturated rings. The van der Waals surface area contributed by atoms with E-state index < -0.39 is 52.4 Å². The molecule has 0 aromatic heterocycles. The average Bonchev–Trinajstić information content (AvgIpc) is 2.86. The molecular formula is C25H24N4O8. The minimum Gasteiger partial charge on any atom is -0.504 e. The monoisotopic (exact) mass is 508 g/mol. The molecule has 12 nitrogen and oxygen atoms in total. The van der Waals surface area contributed by atoms with E-state index in [2.05, 4.69) is 10.6 Å². The van der Waals surface area contributed by atoms with Crippen molar-refractivity contribution in [2.45, 2.75) is 25.8 Å². The zero-order valence-electron chi connectivity index (χ0n) is 19.6. The lowest BCUT2D eigenvalue weighted by molar-refractivity contribution is -0.117. The summed E-state index contributed by atoms with van der Waals surface area (Å²) >= 11 is 0. The average molecular weight is 508 g/mol.